The molecule has 1 N–H and O–H groups in total. The fourth-order valence-electron chi connectivity index (χ4n) is 2.15. The maximum Gasteiger partial charge on any atom is 0.0568 e. The van der Waals surface area contributed by atoms with E-state index in [9.17, 15) is 0 Å². The first-order chi connectivity index (χ1) is 8.76. The zero-order chi connectivity index (χ0) is 13.0. The molecule has 18 heavy (non-hydrogen) atoms. The third kappa shape index (κ3) is 2.62. The Bertz CT molecular complexity index is 502. The molecule has 1 atom stereocenters. The molecule has 0 saturated heterocycles. The van der Waals surface area contributed by atoms with Gasteiger partial charge in [-0.3, -0.25) is 4.68 Å². The van der Waals surface area contributed by atoms with Crippen molar-refractivity contribution in [3.63, 3.8) is 0 Å². The van der Waals surface area contributed by atoms with Crippen LogP contribution in [0.3, 0.4) is 0 Å². The van der Waals surface area contributed by atoms with Gasteiger partial charge in [-0.2, -0.15) is 5.10 Å². The topological polar surface area (TPSA) is 29.9 Å². The van der Waals surface area contributed by atoms with Crippen molar-refractivity contribution in [2.45, 2.75) is 32.9 Å². The van der Waals surface area contributed by atoms with Gasteiger partial charge in [-0.1, -0.05) is 31.2 Å². The molecule has 2 rings (SSSR count). The number of hydrogen-bond donors (Lipinski definition) is 1. The summed E-state index contributed by atoms with van der Waals surface area (Å²) < 4.78 is 2.01. The molecule has 3 heteroatoms. The lowest BCUT2D eigenvalue weighted by Crippen LogP contribution is -2.13. The van der Waals surface area contributed by atoms with Crippen molar-refractivity contribution >= 4 is 0 Å². The summed E-state index contributed by atoms with van der Waals surface area (Å²) in [7, 11) is 1.99. The SMILES string of the molecule is CCCn1cc(-c2ccccc2C(C)NC)cn1. The minimum Gasteiger partial charge on any atom is -0.313 e. The summed E-state index contributed by atoms with van der Waals surface area (Å²) in [5.41, 5.74) is 3.78. The van der Waals surface area contributed by atoms with Crippen LogP contribution in [0.4, 0.5) is 0 Å². The first-order valence-corrected chi connectivity index (χ1v) is 6.55. The van der Waals surface area contributed by atoms with Gasteiger partial charge < -0.3 is 5.32 Å². The lowest BCUT2D eigenvalue weighted by Gasteiger charge is -2.14. The van der Waals surface area contributed by atoms with Crippen molar-refractivity contribution in [3.8, 4) is 11.1 Å². The van der Waals surface area contributed by atoms with Crippen LogP contribution in [0.1, 0.15) is 31.9 Å². The minimum absolute atomic E-state index is 0.343. The van der Waals surface area contributed by atoms with Gasteiger partial charge in [-0.25, -0.2) is 0 Å². The molecule has 0 radical (unpaired) electrons. The quantitative estimate of drug-likeness (QED) is 0.873. The van der Waals surface area contributed by atoms with Gasteiger partial charge in [0.25, 0.3) is 0 Å². The predicted molar refractivity (Wildman–Crippen MR) is 75.4 cm³/mol. The van der Waals surface area contributed by atoms with E-state index in [-0.39, 0.29) is 0 Å². The standard InChI is InChI=1S/C15H21N3/c1-4-9-18-11-13(10-17-18)15-8-6-5-7-14(15)12(2)16-3/h5-8,10-12,16H,4,9H2,1-3H3. The summed E-state index contributed by atoms with van der Waals surface area (Å²) in [5, 5.41) is 7.70. The van der Waals surface area contributed by atoms with E-state index in [2.05, 4.69) is 54.7 Å². The maximum absolute atomic E-state index is 4.40. The summed E-state index contributed by atoms with van der Waals surface area (Å²) in [4.78, 5) is 0. The number of rotatable bonds is 5. The monoisotopic (exact) mass is 243 g/mol. The highest BCUT2D eigenvalue weighted by atomic mass is 15.3. The van der Waals surface area contributed by atoms with Crippen LogP contribution in [0.2, 0.25) is 0 Å². The molecule has 0 saturated carbocycles. The molecule has 96 valence electrons. The summed E-state index contributed by atoms with van der Waals surface area (Å²) in [6.45, 7) is 5.32. The van der Waals surface area contributed by atoms with Crippen molar-refractivity contribution in [1.82, 2.24) is 15.1 Å². The Kier molecular flexibility index (Phi) is 4.15. The Morgan fingerprint density at radius 3 is 2.83 bits per heavy atom. The normalized spacial score (nSPS) is 12.6. The lowest BCUT2D eigenvalue weighted by atomic mass is 9.98. The van der Waals surface area contributed by atoms with Gasteiger partial charge in [-0.15, -0.1) is 0 Å². The first-order valence-electron chi connectivity index (χ1n) is 6.55. The van der Waals surface area contributed by atoms with Crippen molar-refractivity contribution in [3.05, 3.63) is 42.2 Å². The van der Waals surface area contributed by atoms with Crippen LogP contribution >= 0.6 is 0 Å². The van der Waals surface area contributed by atoms with E-state index < -0.39 is 0 Å². The molecule has 0 fully saturated rings. The van der Waals surface area contributed by atoms with Gasteiger partial charge in [0.15, 0.2) is 0 Å². The summed E-state index contributed by atoms with van der Waals surface area (Å²) in [6, 6.07) is 8.85. The average Bonchev–Trinajstić information content (AvgIpc) is 2.87. The van der Waals surface area contributed by atoms with E-state index in [1.165, 1.54) is 16.7 Å². The van der Waals surface area contributed by atoms with E-state index >= 15 is 0 Å². The molecule has 0 aliphatic rings. The van der Waals surface area contributed by atoms with Gasteiger partial charge in [0.1, 0.15) is 0 Å². The third-order valence-electron chi connectivity index (χ3n) is 3.26. The van der Waals surface area contributed by atoms with Crippen molar-refractivity contribution in [1.29, 1.82) is 0 Å². The molecule has 1 aromatic carbocycles. The Labute approximate surface area is 109 Å². The average molecular weight is 243 g/mol. The molecule has 0 amide bonds. The molecule has 0 aliphatic heterocycles. The smallest absolute Gasteiger partial charge is 0.0568 e. The zero-order valence-corrected chi connectivity index (χ0v) is 11.4. The number of nitrogens with one attached hydrogen (secondary N) is 1. The number of aromatic nitrogens is 2. The lowest BCUT2D eigenvalue weighted by molar-refractivity contribution is 0.603. The molecule has 0 bridgehead atoms. The molecule has 2 aromatic rings. The second-order valence-electron chi connectivity index (χ2n) is 4.59. The maximum atomic E-state index is 4.40. The van der Waals surface area contributed by atoms with Crippen molar-refractivity contribution in [2.24, 2.45) is 0 Å². The second-order valence-corrected chi connectivity index (χ2v) is 4.59. The van der Waals surface area contributed by atoms with Crippen LogP contribution in [0.15, 0.2) is 36.7 Å². The summed E-state index contributed by atoms with van der Waals surface area (Å²) in [5.74, 6) is 0. The minimum atomic E-state index is 0.343. The van der Waals surface area contributed by atoms with Crippen LogP contribution in [-0.4, -0.2) is 16.8 Å². The third-order valence-corrected chi connectivity index (χ3v) is 3.26. The molecule has 1 heterocycles. The molecule has 0 spiro atoms. The van der Waals surface area contributed by atoms with Gasteiger partial charge in [0, 0.05) is 24.3 Å². The van der Waals surface area contributed by atoms with Crippen LogP contribution < -0.4 is 5.32 Å². The van der Waals surface area contributed by atoms with Crippen LogP contribution in [0.25, 0.3) is 11.1 Å². The Morgan fingerprint density at radius 2 is 2.11 bits per heavy atom. The van der Waals surface area contributed by atoms with E-state index in [1.54, 1.807) is 0 Å². The molecule has 1 aromatic heterocycles. The van der Waals surface area contributed by atoms with E-state index in [4.69, 9.17) is 0 Å². The highest BCUT2D eigenvalue weighted by Gasteiger charge is 2.11. The first kappa shape index (κ1) is 12.8. The van der Waals surface area contributed by atoms with Gasteiger partial charge in [-0.05, 0) is 31.5 Å². The molecular formula is C15H21N3. The van der Waals surface area contributed by atoms with Gasteiger partial charge in [0.05, 0.1) is 6.20 Å². The fourth-order valence-corrected chi connectivity index (χ4v) is 2.15. The van der Waals surface area contributed by atoms with Crippen LogP contribution in [0.5, 0.6) is 0 Å². The fraction of sp³-hybridized carbons (Fsp3) is 0.400. The van der Waals surface area contributed by atoms with Crippen molar-refractivity contribution < 1.29 is 0 Å². The number of hydrogen-bond acceptors (Lipinski definition) is 2. The van der Waals surface area contributed by atoms with Crippen LogP contribution in [-0.2, 0) is 6.54 Å². The Balaban J connectivity index is 2.37. The van der Waals surface area contributed by atoms with E-state index in [0.717, 1.165) is 13.0 Å². The van der Waals surface area contributed by atoms with E-state index in [0.29, 0.717) is 6.04 Å². The number of aryl methyl sites for hydroxylation is 1. The highest BCUT2D eigenvalue weighted by Crippen LogP contribution is 2.27. The zero-order valence-electron chi connectivity index (χ0n) is 11.4. The highest BCUT2D eigenvalue weighted by molar-refractivity contribution is 5.66. The number of benzene rings is 1. The summed E-state index contributed by atoms with van der Waals surface area (Å²) >= 11 is 0. The van der Waals surface area contributed by atoms with Gasteiger partial charge in [0.2, 0.25) is 0 Å². The number of nitrogens with zero attached hydrogens (tertiary/aromatic N) is 2. The Morgan fingerprint density at radius 1 is 1.33 bits per heavy atom. The van der Waals surface area contributed by atoms with Gasteiger partial charge >= 0.3 is 0 Å². The summed E-state index contributed by atoms with van der Waals surface area (Å²) in [6.07, 6.45) is 5.19. The van der Waals surface area contributed by atoms with E-state index in [1.807, 2.05) is 17.9 Å². The largest absolute Gasteiger partial charge is 0.313 e. The predicted octanol–water partition coefficient (Wildman–Crippen LogP) is 3.24. The molecule has 0 aliphatic carbocycles. The Hall–Kier alpha value is -1.61. The molecule has 3 nitrogen and oxygen atoms in total. The second kappa shape index (κ2) is 5.83. The molecular weight excluding hydrogens is 222 g/mol. The van der Waals surface area contributed by atoms with Crippen LogP contribution in [0, 0.1) is 0 Å². The molecule has 1 unspecified atom stereocenters. The van der Waals surface area contributed by atoms with Crippen molar-refractivity contribution in [2.75, 3.05) is 7.05 Å².